The Labute approximate surface area is 180 Å². The van der Waals surface area contributed by atoms with Crippen molar-refractivity contribution in [1.82, 2.24) is 9.80 Å². The molecule has 164 valence electrons. The molecule has 0 aliphatic carbocycles. The van der Waals surface area contributed by atoms with Crippen molar-refractivity contribution in [3.8, 4) is 0 Å². The lowest BCUT2D eigenvalue weighted by atomic mass is 10.0. The molecular weight excluding hydrogens is 412 g/mol. The van der Waals surface area contributed by atoms with E-state index in [-0.39, 0.29) is 24.3 Å². The molecule has 2 aliphatic rings. The van der Waals surface area contributed by atoms with E-state index in [0.29, 0.717) is 62.4 Å². The van der Waals surface area contributed by atoms with Gasteiger partial charge in [0.1, 0.15) is 0 Å². The molecule has 2 heterocycles. The summed E-state index contributed by atoms with van der Waals surface area (Å²) in [5.74, 6) is -0.524. The van der Waals surface area contributed by atoms with Crippen LogP contribution in [0.4, 0.5) is 11.4 Å². The topological polar surface area (TPSA) is 100 Å². The molecule has 0 radical (unpaired) electrons. The molecule has 3 amide bonds. The van der Waals surface area contributed by atoms with Gasteiger partial charge in [0.05, 0.1) is 37.1 Å². The van der Waals surface area contributed by atoms with Crippen molar-refractivity contribution in [3.63, 3.8) is 0 Å². The molecule has 1 aromatic carbocycles. The van der Waals surface area contributed by atoms with Crippen LogP contribution in [-0.2, 0) is 23.9 Å². The maximum Gasteiger partial charge on any atom is 0.256 e. The highest BCUT2D eigenvalue weighted by molar-refractivity contribution is 6.34. The number of anilines is 2. The van der Waals surface area contributed by atoms with Gasteiger partial charge in [-0.1, -0.05) is 11.6 Å². The predicted octanol–water partition coefficient (Wildman–Crippen LogP) is 1.19. The first-order chi connectivity index (χ1) is 14.3. The second kappa shape index (κ2) is 9.74. The molecule has 0 saturated carbocycles. The molecule has 2 fully saturated rings. The monoisotopic (exact) mass is 438 g/mol. The Morgan fingerprint density at radius 2 is 1.87 bits per heavy atom. The third kappa shape index (κ3) is 5.69. The highest BCUT2D eigenvalue weighted by Crippen LogP contribution is 2.26. The lowest BCUT2D eigenvalue weighted by molar-refractivity contribution is -0.171. The Morgan fingerprint density at radius 1 is 1.13 bits per heavy atom. The number of carbonyl (C=O) groups excluding carboxylic acids is 3. The normalized spacial score (nSPS) is 22.4. The van der Waals surface area contributed by atoms with Gasteiger partial charge in [0.15, 0.2) is 5.60 Å². The van der Waals surface area contributed by atoms with Crippen molar-refractivity contribution in [3.05, 3.63) is 23.2 Å². The number of nitrogens with one attached hydrogen (secondary N) is 2. The highest BCUT2D eigenvalue weighted by Gasteiger charge is 2.42. The van der Waals surface area contributed by atoms with Gasteiger partial charge in [0, 0.05) is 38.8 Å². The molecule has 1 atom stereocenters. The van der Waals surface area contributed by atoms with Crippen molar-refractivity contribution < 1.29 is 23.9 Å². The van der Waals surface area contributed by atoms with Gasteiger partial charge in [0.25, 0.3) is 5.91 Å². The standard InChI is InChI=1S/C20H27ClN4O5/c1-14(26)22-15-3-4-17(16(21)11-15)23-18(27)12-24-5-10-30-20(2,13-24)19(28)25-6-8-29-9-7-25/h3-4,11H,5-10,12-13H2,1-2H3,(H,22,26)(H,23,27). The number of amides is 3. The second-order valence-electron chi connectivity index (χ2n) is 7.62. The van der Waals surface area contributed by atoms with Crippen LogP contribution < -0.4 is 10.6 Å². The molecule has 1 unspecified atom stereocenters. The van der Waals surface area contributed by atoms with Crippen LogP contribution in [0.2, 0.25) is 5.02 Å². The first kappa shape index (κ1) is 22.5. The van der Waals surface area contributed by atoms with Crippen molar-refractivity contribution in [1.29, 1.82) is 0 Å². The number of carbonyl (C=O) groups is 3. The first-order valence-electron chi connectivity index (χ1n) is 9.87. The van der Waals surface area contributed by atoms with Gasteiger partial charge in [-0.15, -0.1) is 0 Å². The average molecular weight is 439 g/mol. The van der Waals surface area contributed by atoms with Gasteiger partial charge in [-0.3, -0.25) is 19.3 Å². The van der Waals surface area contributed by atoms with Gasteiger partial charge in [-0.2, -0.15) is 0 Å². The van der Waals surface area contributed by atoms with Crippen molar-refractivity contribution >= 4 is 40.7 Å². The molecule has 0 spiro atoms. The zero-order chi connectivity index (χ0) is 21.7. The van der Waals surface area contributed by atoms with Crippen LogP contribution in [0.5, 0.6) is 0 Å². The summed E-state index contributed by atoms with van der Waals surface area (Å²) in [4.78, 5) is 40.3. The van der Waals surface area contributed by atoms with E-state index in [1.165, 1.54) is 6.92 Å². The SMILES string of the molecule is CC(=O)Nc1ccc(NC(=O)CN2CCOC(C)(C(=O)N3CCOCC3)C2)c(Cl)c1. The minimum atomic E-state index is -0.993. The summed E-state index contributed by atoms with van der Waals surface area (Å²) in [6, 6.07) is 4.87. The van der Waals surface area contributed by atoms with Crippen LogP contribution in [0, 0.1) is 0 Å². The molecule has 0 aromatic heterocycles. The van der Waals surface area contributed by atoms with Gasteiger partial charge in [-0.05, 0) is 25.1 Å². The molecule has 0 bridgehead atoms. The van der Waals surface area contributed by atoms with Gasteiger partial charge in [0.2, 0.25) is 11.8 Å². The average Bonchev–Trinajstić information content (AvgIpc) is 2.70. The fourth-order valence-electron chi connectivity index (χ4n) is 3.61. The van der Waals surface area contributed by atoms with E-state index in [1.54, 1.807) is 30.0 Å². The lowest BCUT2D eigenvalue weighted by Gasteiger charge is -2.42. The van der Waals surface area contributed by atoms with Crippen molar-refractivity contribution in [2.75, 3.05) is 63.2 Å². The van der Waals surface area contributed by atoms with E-state index < -0.39 is 5.60 Å². The maximum absolute atomic E-state index is 12.9. The molecule has 9 nitrogen and oxygen atoms in total. The molecule has 2 saturated heterocycles. The minimum absolute atomic E-state index is 0.0764. The third-order valence-corrected chi connectivity index (χ3v) is 5.35. The zero-order valence-electron chi connectivity index (χ0n) is 17.2. The van der Waals surface area contributed by atoms with Crippen LogP contribution in [0.15, 0.2) is 18.2 Å². The van der Waals surface area contributed by atoms with E-state index in [0.717, 1.165) is 0 Å². The molecule has 2 aliphatic heterocycles. The van der Waals surface area contributed by atoms with Crippen LogP contribution >= 0.6 is 11.6 Å². The summed E-state index contributed by atoms with van der Waals surface area (Å²) >= 11 is 6.21. The number of benzene rings is 1. The lowest BCUT2D eigenvalue weighted by Crippen LogP contribution is -2.61. The van der Waals surface area contributed by atoms with Crippen LogP contribution in [-0.4, -0.2) is 85.7 Å². The quantitative estimate of drug-likeness (QED) is 0.716. The first-order valence-corrected chi connectivity index (χ1v) is 10.2. The van der Waals surface area contributed by atoms with Gasteiger partial charge < -0.3 is 25.0 Å². The molecule has 30 heavy (non-hydrogen) atoms. The van der Waals surface area contributed by atoms with Crippen LogP contribution in [0.3, 0.4) is 0 Å². The molecule has 3 rings (SSSR count). The molecule has 2 N–H and O–H groups in total. The summed E-state index contributed by atoms with van der Waals surface area (Å²) in [6.07, 6.45) is 0. The second-order valence-corrected chi connectivity index (χ2v) is 8.03. The molecule has 1 aromatic rings. The number of hydrogen-bond acceptors (Lipinski definition) is 6. The maximum atomic E-state index is 12.9. The Kier molecular flexibility index (Phi) is 7.30. The predicted molar refractivity (Wildman–Crippen MR) is 113 cm³/mol. The van der Waals surface area contributed by atoms with E-state index in [9.17, 15) is 14.4 Å². The number of rotatable bonds is 5. The summed E-state index contributed by atoms with van der Waals surface area (Å²) in [6.45, 7) is 6.67. The summed E-state index contributed by atoms with van der Waals surface area (Å²) in [5, 5.41) is 5.74. The highest BCUT2D eigenvalue weighted by atomic mass is 35.5. The van der Waals surface area contributed by atoms with Crippen molar-refractivity contribution in [2.24, 2.45) is 0 Å². The zero-order valence-corrected chi connectivity index (χ0v) is 18.0. The fourth-order valence-corrected chi connectivity index (χ4v) is 3.83. The summed E-state index contributed by atoms with van der Waals surface area (Å²) in [7, 11) is 0. The number of hydrogen-bond donors (Lipinski definition) is 2. The van der Waals surface area contributed by atoms with Crippen LogP contribution in [0.1, 0.15) is 13.8 Å². The smallest absolute Gasteiger partial charge is 0.256 e. The summed E-state index contributed by atoms with van der Waals surface area (Å²) in [5.41, 5.74) is 0.0142. The number of nitrogens with zero attached hydrogens (tertiary/aromatic N) is 2. The minimum Gasteiger partial charge on any atom is -0.378 e. The molecular formula is C20H27ClN4O5. The van der Waals surface area contributed by atoms with Gasteiger partial charge in [-0.25, -0.2) is 0 Å². The number of halogens is 1. The number of morpholine rings is 2. The van der Waals surface area contributed by atoms with Crippen LogP contribution in [0.25, 0.3) is 0 Å². The van der Waals surface area contributed by atoms with E-state index in [2.05, 4.69) is 10.6 Å². The number of ether oxygens (including phenoxy) is 2. The van der Waals surface area contributed by atoms with E-state index in [1.807, 2.05) is 4.90 Å². The largest absolute Gasteiger partial charge is 0.378 e. The Morgan fingerprint density at radius 3 is 2.53 bits per heavy atom. The van der Waals surface area contributed by atoms with Crippen molar-refractivity contribution in [2.45, 2.75) is 19.4 Å². The van der Waals surface area contributed by atoms with E-state index in [4.69, 9.17) is 21.1 Å². The third-order valence-electron chi connectivity index (χ3n) is 5.03. The van der Waals surface area contributed by atoms with E-state index >= 15 is 0 Å². The molecule has 10 heteroatoms. The summed E-state index contributed by atoms with van der Waals surface area (Å²) < 4.78 is 11.1. The fraction of sp³-hybridized carbons (Fsp3) is 0.550. The van der Waals surface area contributed by atoms with Gasteiger partial charge >= 0.3 is 0 Å². The Hall–Kier alpha value is -2.20. The Balaban J connectivity index is 1.57. The Bertz CT molecular complexity index is 814.